The fraction of sp³-hybridized carbons (Fsp3) is 0. The van der Waals surface area contributed by atoms with E-state index in [1.807, 2.05) is 0 Å². The van der Waals surface area contributed by atoms with E-state index in [-0.39, 0.29) is 162 Å². The maximum Gasteiger partial charge on any atom is 4.00 e. The molecule has 0 amide bonds. The zero-order valence-electron chi connectivity index (χ0n) is 26.6. The van der Waals surface area contributed by atoms with E-state index in [1.54, 1.807) is 0 Å². The van der Waals surface area contributed by atoms with Gasteiger partial charge in [-0.05, 0) is 0 Å². The van der Waals surface area contributed by atoms with Crippen LogP contribution in [0.15, 0.2) is 0 Å². The standard InChI is InChI=1S/24CN.4Cr.5V/c24*1-2;;;;;;;;;/q24*-1;;;;;5*+4. The number of rotatable bonds is 0. The van der Waals surface area contributed by atoms with Crippen LogP contribution in [0.3, 0.4) is 0 Å². The number of nitrogens with zero attached hydrogens (tertiary/aromatic N) is 24. The van der Waals surface area contributed by atoms with Crippen LogP contribution in [0.4, 0.5) is 0 Å². The van der Waals surface area contributed by atoms with E-state index < -0.39 is 0 Å². The second-order valence-corrected chi connectivity index (χ2v) is 0. The summed E-state index contributed by atoms with van der Waals surface area (Å²) in [5.41, 5.74) is 0. The van der Waals surface area contributed by atoms with E-state index in [4.69, 9.17) is 284 Å². The minimum atomic E-state index is 0. The molecule has 0 N–H and O–H groups in total. The SMILES string of the molecule is [C-]#N.[C-]#N.[C-]#N.[C-]#N.[C-]#N.[C-]#N.[C-]#N.[C-]#N.[C-]#N.[C-]#N.[C-]#N.[C-]#N.[C-]#N.[C-]#N.[C-]#N.[C-]#N.[C-]#N.[C-]#N.[C-]#N.[C-]#N.[C-]#N.[C-]#N.[C-]#N.[C-]#N.[Cr].[Cr].[Cr].[Cr].[V+4].[V+4].[V+4].[V+4].[V+4]. The molecule has 0 bridgehead atoms. The first-order valence-corrected chi connectivity index (χ1v) is 5.37. The van der Waals surface area contributed by atoms with Crippen molar-refractivity contribution in [1.29, 1.82) is 126 Å². The van der Waals surface area contributed by atoms with Crippen molar-refractivity contribution >= 4 is 0 Å². The first-order valence-electron chi connectivity index (χ1n) is 5.37. The van der Waals surface area contributed by atoms with Gasteiger partial charge in [-0.2, -0.15) is 0 Å². The number of hydrogen-bond acceptors (Lipinski definition) is 24. The van der Waals surface area contributed by atoms with Gasteiger partial charge in [0.1, 0.15) is 0 Å². The average Bonchev–Trinajstić information content (AvgIpc) is 3.34. The predicted molar refractivity (Wildman–Crippen MR) is 119 cm³/mol. The summed E-state index contributed by atoms with van der Waals surface area (Å²) in [4.78, 5) is 0. The molecule has 24 nitrogen and oxygen atoms in total. The van der Waals surface area contributed by atoms with E-state index in [2.05, 4.69) is 0 Å². The molecule has 57 heavy (non-hydrogen) atoms. The summed E-state index contributed by atoms with van der Waals surface area (Å²) < 4.78 is 0. The zero-order valence-corrected chi connectivity index (χ0v) is 38.7. The molecule has 0 aromatic heterocycles. The Balaban J connectivity index is -0.00000000338. The van der Waals surface area contributed by atoms with Crippen molar-refractivity contribution in [2.24, 2.45) is 0 Å². The summed E-state index contributed by atoms with van der Waals surface area (Å²) >= 11 is 0. The van der Waals surface area contributed by atoms with E-state index >= 15 is 0 Å². The summed E-state index contributed by atoms with van der Waals surface area (Å²) in [6.45, 7) is 114. The van der Waals surface area contributed by atoms with Crippen LogP contribution in [0.25, 0.3) is 0 Å². The van der Waals surface area contributed by atoms with Gasteiger partial charge in [-0.1, -0.05) is 0 Å². The fourth-order valence-corrected chi connectivity index (χ4v) is 0. The van der Waals surface area contributed by atoms with Gasteiger partial charge in [-0.3, -0.25) is 0 Å². The minimum Gasteiger partial charge on any atom is -0.512 e. The summed E-state index contributed by atoms with van der Waals surface area (Å²) in [6.07, 6.45) is 0. The number of hydrogen-bond donors (Lipinski definition) is 0. The third-order valence-corrected chi connectivity index (χ3v) is 0. The van der Waals surface area contributed by atoms with Crippen LogP contribution in [0.2, 0.25) is 0 Å². The Morgan fingerprint density at radius 1 is 0.0877 bits per heavy atom. The van der Waals surface area contributed by atoms with E-state index in [0.29, 0.717) is 0 Å². The fourth-order valence-electron chi connectivity index (χ4n) is 0. The molecule has 5 radical (unpaired) electrons. The Labute approximate surface area is 441 Å². The van der Waals surface area contributed by atoms with Gasteiger partial charge >= 0.3 is 92.8 Å². The Morgan fingerprint density at radius 3 is 0.0877 bits per heavy atom. The minimum absolute atomic E-state index is 0. The van der Waals surface area contributed by atoms with Gasteiger partial charge in [0.2, 0.25) is 0 Å². The normalized spacial score (nSPS) is 0.842. The molecule has 0 spiro atoms. The molecular weight excluding hydrogens is 1090 g/mol. The van der Waals surface area contributed by atoms with Gasteiger partial charge in [-0.25, -0.2) is 0 Å². The van der Waals surface area contributed by atoms with E-state index in [1.165, 1.54) is 0 Å². The summed E-state index contributed by atoms with van der Waals surface area (Å²) in [5, 5.41) is 150. The van der Waals surface area contributed by atoms with Crippen LogP contribution < -0.4 is 0 Å². The van der Waals surface area contributed by atoms with Crippen molar-refractivity contribution < 1.29 is 162 Å². The van der Waals surface area contributed by atoms with Crippen molar-refractivity contribution in [3.8, 4) is 0 Å². The third-order valence-electron chi connectivity index (χ3n) is 0. The maximum absolute atomic E-state index is 6.25. The second kappa shape index (κ2) is 2160. The smallest absolute Gasteiger partial charge is 0.512 e. The van der Waals surface area contributed by atoms with Crippen LogP contribution in [0, 0.1) is 284 Å². The van der Waals surface area contributed by atoms with Gasteiger partial charge in [0.15, 0.2) is 0 Å². The molecule has 0 aromatic carbocycles. The topological polar surface area (TPSA) is 571 Å². The molecule has 0 saturated carbocycles. The summed E-state index contributed by atoms with van der Waals surface area (Å²) in [5.74, 6) is 0. The van der Waals surface area contributed by atoms with Crippen molar-refractivity contribution in [1.82, 2.24) is 0 Å². The molecule has 0 atom stereocenters. The first kappa shape index (κ1) is 420. The molecule has 0 fully saturated rings. The second-order valence-electron chi connectivity index (χ2n) is 0. The molecule has 0 aliphatic heterocycles. The summed E-state index contributed by atoms with van der Waals surface area (Å²) in [6, 6.07) is 0. The quantitative estimate of drug-likeness (QED) is 0.314. The van der Waals surface area contributed by atoms with Crippen molar-refractivity contribution in [2.45, 2.75) is 0 Å². The largest absolute Gasteiger partial charge is 4.00 e. The Bertz CT molecular complexity index is 537. The molecule has 0 unspecified atom stereocenters. The summed E-state index contributed by atoms with van der Waals surface area (Å²) in [7, 11) is 0. The molecule has 0 aliphatic rings. The first-order chi connectivity index (χ1) is 24.0. The van der Waals surface area contributed by atoms with E-state index in [0.717, 1.165) is 0 Å². The van der Waals surface area contributed by atoms with Crippen LogP contribution >= 0.6 is 0 Å². The third kappa shape index (κ3) is 2070. The Morgan fingerprint density at radius 2 is 0.0877 bits per heavy atom. The van der Waals surface area contributed by atoms with Gasteiger partial charge in [0, 0.05) is 69.4 Å². The molecule has 0 aliphatic carbocycles. The Hall–Kier alpha value is -7.19. The van der Waals surface area contributed by atoms with Gasteiger partial charge < -0.3 is 284 Å². The van der Waals surface area contributed by atoms with Crippen LogP contribution in [0.5, 0.6) is 0 Å². The predicted octanol–water partition coefficient (Wildman–Crippen LogP) is 2.29. The molecular formula is C24Cr4N24V5-4. The van der Waals surface area contributed by atoms with Crippen molar-refractivity contribution in [3.63, 3.8) is 0 Å². The molecule has 0 saturated heterocycles. The van der Waals surface area contributed by atoms with Crippen LogP contribution in [-0.4, -0.2) is 0 Å². The Kier molecular flexibility index (Phi) is 15900. The molecule has 269 valence electrons. The molecule has 0 aromatic rings. The van der Waals surface area contributed by atoms with Crippen molar-refractivity contribution in [2.75, 3.05) is 0 Å². The van der Waals surface area contributed by atoms with Gasteiger partial charge in [-0.15, -0.1) is 0 Å². The van der Waals surface area contributed by atoms with E-state index in [9.17, 15) is 0 Å². The van der Waals surface area contributed by atoms with Gasteiger partial charge in [0.25, 0.3) is 0 Å². The van der Waals surface area contributed by atoms with Gasteiger partial charge in [0.05, 0.1) is 0 Å². The molecule has 33 heteroatoms. The average molecular weight is 1090 g/mol. The molecule has 0 heterocycles. The maximum atomic E-state index is 6.25. The van der Waals surface area contributed by atoms with Crippen LogP contribution in [0.1, 0.15) is 0 Å². The van der Waals surface area contributed by atoms with Crippen LogP contribution in [-0.2, 0) is 162 Å². The van der Waals surface area contributed by atoms with Crippen molar-refractivity contribution in [3.05, 3.63) is 158 Å². The monoisotopic (exact) mass is 1090 g/mol. The zero-order chi connectivity index (χ0) is 48.0. The molecule has 0 rings (SSSR count).